The summed E-state index contributed by atoms with van der Waals surface area (Å²) >= 11 is 9.36. The first-order chi connectivity index (χ1) is 7.65. The summed E-state index contributed by atoms with van der Waals surface area (Å²) in [4.78, 5) is 0. The van der Waals surface area contributed by atoms with E-state index in [1.807, 2.05) is 30.3 Å². The van der Waals surface area contributed by atoms with E-state index in [0.717, 1.165) is 15.8 Å². The van der Waals surface area contributed by atoms with Crippen LogP contribution in [-0.4, -0.2) is 0 Å². The average Bonchev–Trinajstić information content (AvgIpc) is 2.68. The fraction of sp³-hybridized carbons (Fsp3) is 0.167. The molecule has 1 atom stereocenters. The Kier molecular flexibility index (Phi) is 3.69. The number of furan rings is 1. The summed E-state index contributed by atoms with van der Waals surface area (Å²) < 4.78 is 6.20. The van der Waals surface area contributed by atoms with Gasteiger partial charge in [0.15, 0.2) is 0 Å². The summed E-state index contributed by atoms with van der Waals surface area (Å²) in [7, 11) is 0. The molecule has 0 bridgehead atoms. The first kappa shape index (κ1) is 11.7. The summed E-state index contributed by atoms with van der Waals surface area (Å²) in [5.41, 5.74) is 7.08. The fourth-order valence-corrected chi connectivity index (χ4v) is 2.44. The van der Waals surface area contributed by atoms with E-state index in [-0.39, 0.29) is 6.04 Å². The first-order valence-electron chi connectivity index (χ1n) is 4.89. The van der Waals surface area contributed by atoms with E-state index in [9.17, 15) is 0 Å². The lowest BCUT2D eigenvalue weighted by Gasteiger charge is -2.11. The second-order valence-corrected chi connectivity index (χ2v) is 4.94. The number of nitrogens with two attached hydrogens (primary N) is 1. The minimum atomic E-state index is -0.110. The zero-order chi connectivity index (χ0) is 11.5. The van der Waals surface area contributed by atoms with Crippen LogP contribution in [0.15, 0.2) is 45.5 Å². The largest absolute Gasteiger partial charge is 0.469 e. The Labute approximate surface area is 108 Å². The second kappa shape index (κ2) is 5.04. The van der Waals surface area contributed by atoms with Gasteiger partial charge in [-0.1, -0.05) is 27.5 Å². The molecule has 0 fully saturated rings. The lowest BCUT2D eigenvalue weighted by atomic mass is 10.0. The molecule has 0 spiro atoms. The summed E-state index contributed by atoms with van der Waals surface area (Å²) in [5, 5.41) is 0.680. The van der Waals surface area contributed by atoms with Crippen LogP contribution in [-0.2, 0) is 6.42 Å². The van der Waals surface area contributed by atoms with Crippen LogP contribution in [0.2, 0.25) is 5.02 Å². The lowest BCUT2D eigenvalue weighted by Crippen LogP contribution is -2.12. The number of hydrogen-bond donors (Lipinski definition) is 1. The van der Waals surface area contributed by atoms with Gasteiger partial charge >= 0.3 is 0 Å². The summed E-state index contributed by atoms with van der Waals surface area (Å²) in [6, 6.07) is 9.35. The Morgan fingerprint density at radius 1 is 1.38 bits per heavy atom. The van der Waals surface area contributed by atoms with Gasteiger partial charge in [0.1, 0.15) is 5.76 Å². The van der Waals surface area contributed by atoms with Crippen molar-refractivity contribution >= 4 is 27.5 Å². The SMILES string of the molecule is NC(Cc1ccco1)c1cc(Cl)cc(Br)c1. The number of rotatable bonds is 3. The van der Waals surface area contributed by atoms with Crippen LogP contribution in [0.5, 0.6) is 0 Å². The Bertz CT molecular complexity index is 450. The fourth-order valence-electron chi connectivity index (χ4n) is 1.55. The maximum atomic E-state index is 6.08. The van der Waals surface area contributed by atoms with Crippen molar-refractivity contribution in [3.63, 3.8) is 0 Å². The van der Waals surface area contributed by atoms with Crippen LogP contribution >= 0.6 is 27.5 Å². The Hall–Kier alpha value is -0.770. The number of hydrogen-bond acceptors (Lipinski definition) is 2. The van der Waals surface area contributed by atoms with Gasteiger partial charge in [0.05, 0.1) is 6.26 Å². The van der Waals surface area contributed by atoms with Crippen LogP contribution in [0.3, 0.4) is 0 Å². The summed E-state index contributed by atoms with van der Waals surface area (Å²) in [6.45, 7) is 0. The van der Waals surface area contributed by atoms with E-state index in [2.05, 4.69) is 15.9 Å². The van der Waals surface area contributed by atoms with Crippen molar-refractivity contribution in [2.24, 2.45) is 5.73 Å². The second-order valence-electron chi connectivity index (χ2n) is 3.59. The van der Waals surface area contributed by atoms with Crippen LogP contribution in [0, 0.1) is 0 Å². The first-order valence-corrected chi connectivity index (χ1v) is 6.06. The normalized spacial score (nSPS) is 12.7. The van der Waals surface area contributed by atoms with E-state index < -0.39 is 0 Å². The van der Waals surface area contributed by atoms with E-state index >= 15 is 0 Å². The highest BCUT2D eigenvalue weighted by atomic mass is 79.9. The van der Waals surface area contributed by atoms with Crippen molar-refractivity contribution in [1.82, 2.24) is 0 Å². The van der Waals surface area contributed by atoms with Gasteiger partial charge in [-0.2, -0.15) is 0 Å². The lowest BCUT2D eigenvalue weighted by molar-refractivity contribution is 0.488. The minimum Gasteiger partial charge on any atom is -0.469 e. The highest BCUT2D eigenvalue weighted by Gasteiger charge is 2.10. The highest BCUT2D eigenvalue weighted by molar-refractivity contribution is 9.10. The average molecular weight is 301 g/mol. The van der Waals surface area contributed by atoms with Gasteiger partial charge in [-0.3, -0.25) is 0 Å². The van der Waals surface area contributed by atoms with Gasteiger partial charge in [-0.25, -0.2) is 0 Å². The molecule has 0 aliphatic carbocycles. The third kappa shape index (κ3) is 2.88. The van der Waals surface area contributed by atoms with Crippen molar-refractivity contribution in [2.75, 3.05) is 0 Å². The number of halogens is 2. The van der Waals surface area contributed by atoms with Crippen molar-refractivity contribution in [3.05, 3.63) is 57.4 Å². The van der Waals surface area contributed by atoms with Gasteiger partial charge < -0.3 is 10.2 Å². The molecular formula is C12H11BrClNO. The van der Waals surface area contributed by atoms with Crippen molar-refractivity contribution in [2.45, 2.75) is 12.5 Å². The molecule has 1 aromatic carbocycles. The Balaban J connectivity index is 2.17. The molecule has 0 radical (unpaired) electrons. The molecule has 16 heavy (non-hydrogen) atoms. The molecule has 0 saturated heterocycles. The molecule has 1 heterocycles. The van der Waals surface area contributed by atoms with Gasteiger partial charge in [-0.15, -0.1) is 0 Å². The molecule has 2 N–H and O–H groups in total. The third-order valence-corrected chi connectivity index (χ3v) is 2.99. The monoisotopic (exact) mass is 299 g/mol. The van der Waals surface area contributed by atoms with Crippen LogP contribution in [0.25, 0.3) is 0 Å². The molecular weight excluding hydrogens is 289 g/mol. The van der Waals surface area contributed by atoms with Gasteiger partial charge in [-0.05, 0) is 35.9 Å². The molecule has 2 nitrogen and oxygen atoms in total. The van der Waals surface area contributed by atoms with E-state index in [1.54, 1.807) is 6.26 Å². The zero-order valence-electron chi connectivity index (χ0n) is 8.49. The standard InChI is InChI=1S/C12H11BrClNO/c13-9-4-8(5-10(14)6-9)12(15)7-11-2-1-3-16-11/h1-6,12H,7,15H2. The molecule has 0 aliphatic heterocycles. The molecule has 0 aliphatic rings. The van der Waals surface area contributed by atoms with Crippen LogP contribution in [0.4, 0.5) is 0 Å². The molecule has 2 aromatic rings. The van der Waals surface area contributed by atoms with Gasteiger partial charge in [0.2, 0.25) is 0 Å². The predicted molar refractivity (Wildman–Crippen MR) is 68.5 cm³/mol. The van der Waals surface area contributed by atoms with Crippen LogP contribution in [0.1, 0.15) is 17.4 Å². The van der Waals surface area contributed by atoms with Crippen molar-refractivity contribution in [1.29, 1.82) is 0 Å². The molecule has 4 heteroatoms. The zero-order valence-corrected chi connectivity index (χ0v) is 10.8. The highest BCUT2D eigenvalue weighted by Crippen LogP contribution is 2.24. The molecule has 1 aromatic heterocycles. The van der Waals surface area contributed by atoms with E-state index in [1.165, 1.54) is 0 Å². The predicted octanol–water partition coefficient (Wildman–Crippen LogP) is 3.94. The molecule has 84 valence electrons. The van der Waals surface area contributed by atoms with Gasteiger partial charge in [0, 0.05) is 22.0 Å². The van der Waals surface area contributed by atoms with Crippen molar-refractivity contribution < 1.29 is 4.42 Å². The summed E-state index contributed by atoms with van der Waals surface area (Å²) in [5.74, 6) is 0.878. The quantitative estimate of drug-likeness (QED) is 0.932. The Morgan fingerprint density at radius 2 is 2.19 bits per heavy atom. The van der Waals surface area contributed by atoms with E-state index in [0.29, 0.717) is 11.4 Å². The van der Waals surface area contributed by atoms with Crippen molar-refractivity contribution in [3.8, 4) is 0 Å². The van der Waals surface area contributed by atoms with E-state index in [4.69, 9.17) is 21.8 Å². The maximum Gasteiger partial charge on any atom is 0.105 e. The molecule has 2 rings (SSSR count). The van der Waals surface area contributed by atoms with Crippen LogP contribution < -0.4 is 5.73 Å². The smallest absolute Gasteiger partial charge is 0.105 e. The number of benzene rings is 1. The Morgan fingerprint density at radius 3 is 2.81 bits per heavy atom. The molecule has 0 amide bonds. The topological polar surface area (TPSA) is 39.2 Å². The maximum absolute atomic E-state index is 6.08. The molecule has 1 unspecified atom stereocenters. The van der Waals surface area contributed by atoms with Gasteiger partial charge in [0.25, 0.3) is 0 Å². The third-order valence-electron chi connectivity index (χ3n) is 2.31. The minimum absolute atomic E-state index is 0.110. The summed E-state index contributed by atoms with van der Waals surface area (Å²) in [6.07, 6.45) is 2.32. The molecule has 0 saturated carbocycles.